The van der Waals surface area contributed by atoms with E-state index in [2.05, 4.69) is 5.32 Å². The van der Waals surface area contributed by atoms with E-state index in [9.17, 15) is 9.59 Å². The molecule has 1 aromatic rings. The molecule has 6 heteroatoms. The molecule has 0 bridgehead atoms. The smallest absolute Gasteiger partial charge is 0.326 e. The van der Waals surface area contributed by atoms with E-state index in [1.54, 1.807) is 12.1 Å². The zero-order valence-electron chi connectivity index (χ0n) is 10.8. The van der Waals surface area contributed by atoms with Crippen molar-refractivity contribution in [2.75, 3.05) is 13.7 Å². The predicted molar refractivity (Wildman–Crippen MR) is 68.1 cm³/mol. The molecule has 0 radical (unpaired) electrons. The molecule has 0 aliphatic heterocycles. The highest BCUT2D eigenvalue weighted by molar-refractivity contribution is 5.95. The molecule has 0 aromatic carbocycles. The number of aliphatic carboxylic acids is 1. The van der Waals surface area contributed by atoms with Gasteiger partial charge in [-0.2, -0.15) is 0 Å². The zero-order valence-corrected chi connectivity index (χ0v) is 10.8. The van der Waals surface area contributed by atoms with Crippen molar-refractivity contribution in [2.24, 2.45) is 0 Å². The molecule has 1 atom stereocenters. The normalized spacial score (nSPS) is 16.1. The van der Waals surface area contributed by atoms with Crippen LogP contribution in [0.5, 0.6) is 0 Å². The summed E-state index contributed by atoms with van der Waals surface area (Å²) in [5.74, 6) is -1.39. The lowest BCUT2D eigenvalue weighted by Gasteiger charge is -2.15. The topological polar surface area (TPSA) is 80.6 Å². The molecule has 1 heterocycles. The Labute approximate surface area is 111 Å². The number of amides is 1. The number of hydrogen-bond acceptors (Lipinski definition) is 3. The monoisotopic (exact) mass is 266 g/mol. The van der Waals surface area contributed by atoms with Crippen molar-refractivity contribution < 1.29 is 19.4 Å². The van der Waals surface area contributed by atoms with Gasteiger partial charge in [0.05, 0.1) is 0 Å². The maximum atomic E-state index is 12.1. The number of nitrogens with one attached hydrogen (secondary N) is 1. The van der Waals surface area contributed by atoms with Crippen LogP contribution in [-0.2, 0) is 9.53 Å². The molecule has 19 heavy (non-hydrogen) atoms. The Hall–Kier alpha value is -1.82. The minimum absolute atomic E-state index is 0.252. The molecule has 2 rings (SSSR count). The maximum Gasteiger partial charge on any atom is 0.326 e. The number of ether oxygens (including phenoxy) is 1. The summed E-state index contributed by atoms with van der Waals surface area (Å²) in [6.07, 6.45) is 4.25. The second-order valence-corrected chi connectivity index (χ2v) is 4.68. The summed E-state index contributed by atoms with van der Waals surface area (Å²) >= 11 is 0. The summed E-state index contributed by atoms with van der Waals surface area (Å²) in [6, 6.07) is 2.98. The van der Waals surface area contributed by atoms with Crippen LogP contribution in [0, 0.1) is 0 Å². The third-order valence-electron chi connectivity index (χ3n) is 3.17. The molecule has 1 aliphatic rings. The molecule has 0 spiro atoms. The first-order valence-corrected chi connectivity index (χ1v) is 6.33. The van der Waals surface area contributed by atoms with Gasteiger partial charge in [0, 0.05) is 32.4 Å². The van der Waals surface area contributed by atoms with E-state index in [4.69, 9.17) is 9.84 Å². The molecule has 2 N–H and O–H groups in total. The van der Waals surface area contributed by atoms with E-state index < -0.39 is 12.0 Å². The van der Waals surface area contributed by atoms with Gasteiger partial charge in [0.2, 0.25) is 0 Å². The second-order valence-electron chi connectivity index (χ2n) is 4.68. The number of aromatic nitrogens is 1. The fourth-order valence-corrected chi connectivity index (χ4v) is 1.98. The van der Waals surface area contributed by atoms with E-state index in [1.165, 1.54) is 7.11 Å². The SMILES string of the molecule is COCCC(NC(=O)c1cccn1C1CC1)C(=O)O. The summed E-state index contributed by atoms with van der Waals surface area (Å²) in [5, 5.41) is 11.6. The predicted octanol–water partition coefficient (Wildman–Crippen LogP) is 1.04. The van der Waals surface area contributed by atoms with Crippen LogP contribution in [0.1, 0.15) is 35.8 Å². The Morgan fingerprint density at radius 1 is 1.58 bits per heavy atom. The van der Waals surface area contributed by atoms with Gasteiger partial charge in [0.1, 0.15) is 11.7 Å². The van der Waals surface area contributed by atoms with Crippen molar-refractivity contribution in [3.8, 4) is 0 Å². The third kappa shape index (κ3) is 3.35. The van der Waals surface area contributed by atoms with Gasteiger partial charge in [-0.3, -0.25) is 4.79 Å². The lowest BCUT2D eigenvalue weighted by Crippen LogP contribution is -2.42. The van der Waals surface area contributed by atoms with Crippen LogP contribution in [0.15, 0.2) is 18.3 Å². The van der Waals surface area contributed by atoms with Gasteiger partial charge in [0.15, 0.2) is 0 Å². The lowest BCUT2D eigenvalue weighted by atomic mass is 10.2. The van der Waals surface area contributed by atoms with Gasteiger partial charge in [0.25, 0.3) is 5.91 Å². The average Bonchev–Trinajstić information content (AvgIpc) is 3.11. The third-order valence-corrected chi connectivity index (χ3v) is 3.17. The van der Waals surface area contributed by atoms with Crippen LogP contribution < -0.4 is 5.32 Å². The Balaban J connectivity index is 2.01. The Morgan fingerprint density at radius 3 is 2.89 bits per heavy atom. The van der Waals surface area contributed by atoms with E-state index in [-0.39, 0.29) is 12.3 Å². The van der Waals surface area contributed by atoms with Crippen molar-refractivity contribution in [1.82, 2.24) is 9.88 Å². The van der Waals surface area contributed by atoms with Crippen LogP contribution in [0.4, 0.5) is 0 Å². The number of rotatable bonds is 7. The summed E-state index contributed by atoms with van der Waals surface area (Å²) in [7, 11) is 1.50. The average molecular weight is 266 g/mol. The minimum atomic E-state index is -1.05. The minimum Gasteiger partial charge on any atom is -0.480 e. The highest BCUT2D eigenvalue weighted by Gasteiger charge is 2.28. The van der Waals surface area contributed by atoms with Crippen LogP contribution in [0.25, 0.3) is 0 Å². The first kappa shape index (κ1) is 13.6. The van der Waals surface area contributed by atoms with Crippen molar-refractivity contribution in [2.45, 2.75) is 31.3 Å². The summed E-state index contributed by atoms with van der Waals surface area (Å²) in [4.78, 5) is 23.2. The Morgan fingerprint density at radius 2 is 2.32 bits per heavy atom. The Bertz CT molecular complexity index is 465. The number of carbonyl (C=O) groups is 2. The van der Waals surface area contributed by atoms with Gasteiger partial charge in [-0.1, -0.05) is 0 Å². The van der Waals surface area contributed by atoms with Crippen LogP contribution in [-0.4, -0.2) is 41.3 Å². The molecule has 6 nitrogen and oxygen atoms in total. The van der Waals surface area contributed by atoms with Crippen LogP contribution >= 0.6 is 0 Å². The number of carboxylic acids is 1. The van der Waals surface area contributed by atoms with Crippen molar-refractivity contribution >= 4 is 11.9 Å². The van der Waals surface area contributed by atoms with E-state index in [0.717, 1.165) is 12.8 Å². The molecule has 0 saturated heterocycles. The van der Waals surface area contributed by atoms with Crippen molar-refractivity contribution in [3.63, 3.8) is 0 Å². The van der Waals surface area contributed by atoms with Gasteiger partial charge >= 0.3 is 5.97 Å². The number of methoxy groups -OCH3 is 1. The highest BCUT2D eigenvalue weighted by Crippen LogP contribution is 2.35. The van der Waals surface area contributed by atoms with Gasteiger partial charge in [-0.25, -0.2) is 4.79 Å². The van der Waals surface area contributed by atoms with Crippen LogP contribution in [0.3, 0.4) is 0 Å². The highest BCUT2D eigenvalue weighted by atomic mass is 16.5. The van der Waals surface area contributed by atoms with Crippen molar-refractivity contribution in [3.05, 3.63) is 24.0 Å². The zero-order chi connectivity index (χ0) is 13.8. The molecule has 1 aliphatic carbocycles. The molecule has 104 valence electrons. The summed E-state index contributed by atoms with van der Waals surface area (Å²) in [5.41, 5.74) is 0.520. The largest absolute Gasteiger partial charge is 0.480 e. The van der Waals surface area contributed by atoms with Gasteiger partial charge < -0.3 is 19.7 Å². The first-order chi connectivity index (χ1) is 9.13. The molecule has 1 saturated carbocycles. The quantitative estimate of drug-likeness (QED) is 0.772. The lowest BCUT2D eigenvalue weighted by molar-refractivity contribution is -0.139. The number of carboxylic acid groups (broad SMARTS) is 1. The molecule has 1 aromatic heterocycles. The second kappa shape index (κ2) is 5.88. The van der Waals surface area contributed by atoms with Crippen LogP contribution in [0.2, 0.25) is 0 Å². The molecule has 1 unspecified atom stereocenters. The number of nitrogens with zero attached hydrogens (tertiary/aromatic N) is 1. The summed E-state index contributed by atoms with van der Waals surface area (Å²) in [6.45, 7) is 0.293. The van der Waals surface area contributed by atoms with E-state index >= 15 is 0 Å². The molecular weight excluding hydrogens is 248 g/mol. The molecule has 1 fully saturated rings. The van der Waals surface area contributed by atoms with E-state index in [0.29, 0.717) is 18.3 Å². The maximum absolute atomic E-state index is 12.1. The standard InChI is InChI=1S/C13H18N2O4/c1-19-8-6-10(13(17)18)14-12(16)11-3-2-7-15(11)9-4-5-9/h2-3,7,9-10H,4-6,8H2,1H3,(H,14,16)(H,17,18). The molecular formula is C13H18N2O4. The summed E-state index contributed by atoms with van der Waals surface area (Å²) < 4.78 is 6.75. The van der Waals surface area contributed by atoms with Crippen molar-refractivity contribution in [1.29, 1.82) is 0 Å². The fourth-order valence-electron chi connectivity index (χ4n) is 1.98. The first-order valence-electron chi connectivity index (χ1n) is 6.33. The van der Waals surface area contributed by atoms with E-state index in [1.807, 2.05) is 10.8 Å². The van der Waals surface area contributed by atoms with Gasteiger partial charge in [-0.15, -0.1) is 0 Å². The number of hydrogen-bond donors (Lipinski definition) is 2. The molecule has 1 amide bonds. The Kier molecular flexibility index (Phi) is 4.21. The fraction of sp³-hybridized carbons (Fsp3) is 0.538. The van der Waals surface area contributed by atoms with Gasteiger partial charge in [-0.05, 0) is 25.0 Å². The number of carbonyl (C=O) groups excluding carboxylic acids is 1.